The molecule has 0 radical (unpaired) electrons. The van der Waals surface area contributed by atoms with E-state index >= 15 is 0 Å². The number of aromatic nitrogens is 2. The first-order valence-corrected chi connectivity index (χ1v) is 11.9. The molecule has 9 heteroatoms. The normalized spacial score (nSPS) is 15.1. The van der Waals surface area contributed by atoms with Gasteiger partial charge in [-0.15, -0.1) is 0 Å². The minimum absolute atomic E-state index is 0.113. The first-order chi connectivity index (χ1) is 16.1. The van der Waals surface area contributed by atoms with E-state index in [1.165, 1.54) is 11.8 Å². The molecule has 3 rings (SSSR count). The maximum Gasteiger partial charge on any atom is 0.419 e. The van der Waals surface area contributed by atoms with Crippen LogP contribution in [0.1, 0.15) is 55.8 Å². The van der Waals surface area contributed by atoms with Gasteiger partial charge in [-0.25, -0.2) is 9.97 Å². The molecule has 1 aromatic carbocycles. The molecule has 0 atom stereocenters. The zero-order valence-corrected chi connectivity index (χ0v) is 20.5. The third-order valence-electron chi connectivity index (χ3n) is 5.88. The second-order valence-corrected chi connectivity index (χ2v) is 9.14. The third kappa shape index (κ3) is 6.50. The van der Waals surface area contributed by atoms with Crippen molar-refractivity contribution < 1.29 is 13.2 Å². The van der Waals surface area contributed by atoms with Gasteiger partial charge in [0.15, 0.2) is 0 Å². The highest BCUT2D eigenvalue weighted by Gasteiger charge is 2.38. The van der Waals surface area contributed by atoms with Gasteiger partial charge in [-0.05, 0) is 43.9 Å². The Labute approximate surface area is 204 Å². The van der Waals surface area contributed by atoms with Gasteiger partial charge in [0.25, 0.3) is 0 Å². The molecule has 0 fully saturated rings. The number of rotatable bonds is 6. The van der Waals surface area contributed by atoms with E-state index in [9.17, 15) is 13.2 Å². The zero-order chi connectivity index (χ0) is 24.9. The molecule has 34 heavy (non-hydrogen) atoms. The lowest BCUT2D eigenvalue weighted by Crippen LogP contribution is -2.39. The molecule has 2 N–H and O–H groups in total. The molecule has 0 amide bonds. The van der Waals surface area contributed by atoms with Gasteiger partial charge in [-0.3, -0.25) is 5.41 Å². The van der Waals surface area contributed by atoms with Crippen molar-refractivity contribution in [3.05, 3.63) is 63.6 Å². The SMILES string of the molecule is C/C=C(\C(=N)N1CCCc2c(nc(C(C)C)nc2NCCc2ccc(Cl)cc2)CC1)C(F)(F)F. The molecule has 0 saturated heterocycles. The summed E-state index contributed by atoms with van der Waals surface area (Å²) in [4.78, 5) is 11.0. The highest BCUT2D eigenvalue weighted by Crippen LogP contribution is 2.29. The van der Waals surface area contributed by atoms with E-state index in [0.29, 0.717) is 49.7 Å². The number of hydrogen-bond acceptors (Lipinski definition) is 4. The number of hydrogen-bond donors (Lipinski definition) is 2. The quantitative estimate of drug-likeness (QED) is 0.372. The first-order valence-electron chi connectivity index (χ1n) is 11.6. The Morgan fingerprint density at radius 2 is 1.88 bits per heavy atom. The third-order valence-corrected chi connectivity index (χ3v) is 6.14. The maximum atomic E-state index is 13.3. The van der Waals surface area contributed by atoms with Gasteiger partial charge in [0, 0.05) is 42.6 Å². The molecule has 0 spiro atoms. The van der Waals surface area contributed by atoms with E-state index in [2.05, 4.69) is 5.32 Å². The largest absolute Gasteiger partial charge is 0.419 e. The van der Waals surface area contributed by atoms with Gasteiger partial charge in [0.05, 0.1) is 11.3 Å². The fourth-order valence-corrected chi connectivity index (χ4v) is 4.15. The lowest BCUT2D eigenvalue weighted by atomic mass is 10.0. The predicted octanol–water partition coefficient (Wildman–Crippen LogP) is 6.18. The molecule has 184 valence electrons. The molecule has 1 aromatic heterocycles. The summed E-state index contributed by atoms with van der Waals surface area (Å²) in [7, 11) is 0. The summed E-state index contributed by atoms with van der Waals surface area (Å²) in [6.07, 6.45) is -1.06. The number of allylic oxidation sites excluding steroid dienone is 1. The Balaban J connectivity index is 1.79. The van der Waals surface area contributed by atoms with Crippen LogP contribution in [0.2, 0.25) is 5.02 Å². The summed E-state index contributed by atoms with van der Waals surface area (Å²) in [6, 6.07) is 7.74. The number of benzene rings is 1. The second kappa shape index (κ2) is 11.2. The van der Waals surface area contributed by atoms with Gasteiger partial charge < -0.3 is 10.2 Å². The number of nitrogens with one attached hydrogen (secondary N) is 2. The van der Waals surface area contributed by atoms with Crippen LogP contribution < -0.4 is 5.32 Å². The van der Waals surface area contributed by atoms with Crippen molar-refractivity contribution in [2.45, 2.75) is 58.5 Å². The fourth-order valence-electron chi connectivity index (χ4n) is 4.03. The molecular weight excluding hydrogens is 463 g/mol. The monoisotopic (exact) mass is 493 g/mol. The Kier molecular flexibility index (Phi) is 8.57. The van der Waals surface area contributed by atoms with Crippen LogP contribution in [-0.4, -0.2) is 46.5 Å². The van der Waals surface area contributed by atoms with Gasteiger partial charge in [0.2, 0.25) is 0 Å². The van der Waals surface area contributed by atoms with Crippen molar-refractivity contribution >= 4 is 23.3 Å². The van der Waals surface area contributed by atoms with Crippen LogP contribution in [0.25, 0.3) is 0 Å². The number of amidine groups is 1. The fraction of sp³-hybridized carbons (Fsp3) is 0.480. The standard InChI is InChI=1S/C25H31ClF3N5/c1-4-20(25(27,28)29)22(30)34-14-5-6-19-21(12-15-34)32-23(16(2)3)33-24(19)31-13-11-17-7-9-18(26)10-8-17/h4,7-10,16,30H,5-6,11-15H2,1-3H3,(H,31,32,33)/b20-4+,30-22?. The summed E-state index contributed by atoms with van der Waals surface area (Å²) in [5, 5.41) is 12.3. The molecule has 0 aliphatic carbocycles. The summed E-state index contributed by atoms with van der Waals surface area (Å²) >= 11 is 5.97. The molecule has 0 bridgehead atoms. The number of anilines is 1. The van der Waals surface area contributed by atoms with Crippen molar-refractivity contribution in [3.63, 3.8) is 0 Å². The molecule has 5 nitrogen and oxygen atoms in total. The highest BCUT2D eigenvalue weighted by atomic mass is 35.5. The topological polar surface area (TPSA) is 64.9 Å². The number of fused-ring (bicyclic) bond motifs is 1. The molecule has 1 aliphatic rings. The molecule has 0 saturated carbocycles. The number of halogens is 4. The van der Waals surface area contributed by atoms with Gasteiger partial charge in [-0.2, -0.15) is 13.2 Å². The van der Waals surface area contributed by atoms with Gasteiger partial charge in [-0.1, -0.05) is 43.7 Å². The zero-order valence-electron chi connectivity index (χ0n) is 19.8. The number of alkyl halides is 3. The molecule has 0 unspecified atom stereocenters. The van der Waals surface area contributed by atoms with Crippen LogP contribution in [0.15, 0.2) is 35.9 Å². The molecular formula is C25H31ClF3N5. The average Bonchev–Trinajstić information content (AvgIpc) is 2.75. The van der Waals surface area contributed by atoms with Crippen LogP contribution in [0.4, 0.5) is 19.0 Å². The smallest absolute Gasteiger partial charge is 0.369 e. The lowest BCUT2D eigenvalue weighted by Gasteiger charge is -2.30. The van der Waals surface area contributed by atoms with Crippen LogP contribution in [-0.2, 0) is 19.3 Å². The van der Waals surface area contributed by atoms with E-state index in [1.807, 2.05) is 38.1 Å². The first kappa shape index (κ1) is 26.0. The summed E-state index contributed by atoms with van der Waals surface area (Å²) in [5.41, 5.74) is 2.13. The highest BCUT2D eigenvalue weighted by molar-refractivity contribution is 6.30. The Bertz CT molecular complexity index is 1030. The van der Waals surface area contributed by atoms with Crippen LogP contribution in [0, 0.1) is 5.41 Å². The van der Waals surface area contributed by atoms with E-state index in [-0.39, 0.29) is 5.92 Å². The van der Waals surface area contributed by atoms with E-state index in [0.717, 1.165) is 35.1 Å². The minimum atomic E-state index is -4.54. The van der Waals surface area contributed by atoms with Crippen LogP contribution in [0.5, 0.6) is 0 Å². The summed E-state index contributed by atoms with van der Waals surface area (Å²) in [5.74, 6) is 1.15. The maximum absolute atomic E-state index is 13.3. The second-order valence-electron chi connectivity index (χ2n) is 8.70. The Hall–Kier alpha value is -2.61. The Morgan fingerprint density at radius 1 is 1.18 bits per heavy atom. The van der Waals surface area contributed by atoms with Crippen molar-refractivity contribution in [3.8, 4) is 0 Å². The van der Waals surface area contributed by atoms with E-state index < -0.39 is 17.6 Å². The van der Waals surface area contributed by atoms with Gasteiger partial charge >= 0.3 is 6.18 Å². The summed E-state index contributed by atoms with van der Waals surface area (Å²) in [6.45, 7) is 6.73. The summed E-state index contributed by atoms with van der Waals surface area (Å²) < 4.78 is 40.0. The number of nitrogens with zero attached hydrogens (tertiary/aromatic N) is 3. The van der Waals surface area contributed by atoms with Crippen LogP contribution >= 0.6 is 11.6 Å². The average molecular weight is 494 g/mol. The molecule has 2 aromatic rings. The minimum Gasteiger partial charge on any atom is -0.369 e. The lowest BCUT2D eigenvalue weighted by molar-refractivity contribution is -0.0872. The van der Waals surface area contributed by atoms with E-state index in [1.54, 1.807) is 0 Å². The van der Waals surface area contributed by atoms with Crippen molar-refractivity contribution in [1.29, 1.82) is 5.41 Å². The van der Waals surface area contributed by atoms with Gasteiger partial charge in [0.1, 0.15) is 17.5 Å². The van der Waals surface area contributed by atoms with Crippen molar-refractivity contribution in [1.82, 2.24) is 14.9 Å². The molecule has 1 aliphatic heterocycles. The van der Waals surface area contributed by atoms with Crippen molar-refractivity contribution in [2.24, 2.45) is 0 Å². The van der Waals surface area contributed by atoms with Crippen molar-refractivity contribution in [2.75, 3.05) is 25.0 Å². The Morgan fingerprint density at radius 3 is 2.50 bits per heavy atom. The van der Waals surface area contributed by atoms with Crippen LogP contribution in [0.3, 0.4) is 0 Å². The molecule has 2 heterocycles. The van der Waals surface area contributed by atoms with E-state index in [4.69, 9.17) is 27.0 Å². The predicted molar refractivity (Wildman–Crippen MR) is 131 cm³/mol.